The molecule has 0 amide bonds. The van der Waals surface area contributed by atoms with Crippen LogP contribution in [0.25, 0.3) is 11.3 Å². The van der Waals surface area contributed by atoms with Crippen LogP contribution in [0.1, 0.15) is 35.9 Å². The smallest absolute Gasteiger partial charge is 0.305 e. The van der Waals surface area contributed by atoms with E-state index in [1.54, 1.807) is 11.3 Å². The van der Waals surface area contributed by atoms with E-state index in [0.29, 0.717) is 19.4 Å². The van der Waals surface area contributed by atoms with Gasteiger partial charge in [0.15, 0.2) is 0 Å². The Balaban J connectivity index is 1.33. The van der Waals surface area contributed by atoms with Gasteiger partial charge in [0.05, 0.1) is 19.3 Å². The highest BCUT2D eigenvalue weighted by Crippen LogP contribution is 2.25. The highest BCUT2D eigenvalue weighted by molar-refractivity contribution is 7.10. The summed E-state index contributed by atoms with van der Waals surface area (Å²) in [6.07, 6.45) is 2.11. The minimum Gasteiger partial charge on any atom is -0.489 e. The number of esters is 1. The molecule has 0 N–H and O–H groups in total. The second-order valence-electron chi connectivity index (χ2n) is 8.59. The van der Waals surface area contributed by atoms with Gasteiger partial charge in [-0.1, -0.05) is 61.5 Å². The molecule has 0 saturated carbocycles. The van der Waals surface area contributed by atoms with Crippen molar-refractivity contribution in [2.45, 2.75) is 39.3 Å². The molecule has 0 aliphatic heterocycles. The number of hydrogen-bond acceptors (Lipinski definition) is 6. The van der Waals surface area contributed by atoms with E-state index < -0.39 is 0 Å². The lowest BCUT2D eigenvalue weighted by atomic mass is 10.1. The molecular weight excluding hydrogens is 468 g/mol. The fourth-order valence-electron chi connectivity index (χ4n) is 3.93. The van der Waals surface area contributed by atoms with Crippen molar-refractivity contribution in [1.29, 1.82) is 0 Å². The number of methoxy groups -OCH3 is 1. The van der Waals surface area contributed by atoms with E-state index in [1.807, 2.05) is 42.5 Å². The molecule has 4 aromatic rings. The van der Waals surface area contributed by atoms with Crippen molar-refractivity contribution in [3.63, 3.8) is 0 Å². The number of hydrogen-bond donors (Lipinski definition) is 0. The van der Waals surface area contributed by atoms with Crippen molar-refractivity contribution in [1.82, 2.24) is 4.98 Å². The van der Waals surface area contributed by atoms with Crippen LogP contribution in [0.2, 0.25) is 0 Å². The van der Waals surface area contributed by atoms with Crippen molar-refractivity contribution in [3.05, 3.63) is 100 Å². The van der Waals surface area contributed by atoms with Crippen LogP contribution in [0, 0.1) is 0 Å². The quantitative estimate of drug-likeness (QED) is 0.198. The molecule has 4 rings (SSSR count). The first kappa shape index (κ1) is 25.5. The number of anilines is 1. The first-order valence-electron chi connectivity index (χ1n) is 12.3. The average Bonchev–Trinajstić information content (AvgIpc) is 3.40. The molecule has 186 valence electrons. The summed E-state index contributed by atoms with van der Waals surface area (Å²) in [7, 11) is 1.41. The van der Waals surface area contributed by atoms with E-state index in [2.05, 4.69) is 53.6 Å². The van der Waals surface area contributed by atoms with Crippen LogP contribution in [-0.4, -0.2) is 24.6 Å². The summed E-state index contributed by atoms with van der Waals surface area (Å²) >= 11 is 1.71. The molecule has 3 aromatic carbocycles. The standard InChI is InChI=1S/C30H32N2O3S/c1-3-19-32(20-29-31-28(22-36-29)25-7-5-4-6-8-25)26-14-9-24(10-15-26)21-35-27-16-11-23(12-17-27)13-18-30(33)34-2/h4-12,14-17,22H,3,13,18-21H2,1-2H3. The molecule has 0 spiro atoms. The Bertz CT molecular complexity index is 1220. The number of benzene rings is 3. The van der Waals surface area contributed by atoms with Crippen LogP contribution in [0.15, 0.2) is 84.2 Å². The lowest BCUT2D eigenvalue weighted by Crippen LogP contribution is -2.23. The van der Waals surface area contributed by atoms with Crippen LogP contribution in [0.5, 0.6) is 5.75 Å². The predicted molar refractivity (Wildman–Crippen MR) is 146 cm³/mol. The minimum atomic E-state index is -0.195. The molecule has 0 aliphatic rings. The maximum Gasteiger partial charge on any atom is 0.305 e. The maximum absolute atomic E-state index is 11.3. The van der Waals surface area contributed by atoms with Gasteiger partial charge in [-0.15, -0.1) is 11.3 Å². The van der Waals surface area contributed by atoms with Crippen LogP contribution in [-0.2, 0) is 29.1 Å². The van der Waals surface area contributed by atoms with Crippen LogP contribution in [0.4, 0.5) is 5.69 Å². The molecule has 0 bridgehead atoms. The summed E-state index contributed by atoms with van der Waals surface area (Å²) in [4.78, 5) is 18.6. The van der Waals surface area contributed by atoms with Crippen molar-refractivity contribution in [2.24, 2.45) is 0 Å². The van der Waals surface area contributed by atoms with E-state index in [4.69, 9.17) is 14.5 Å². The predicted octanol–water partition coefficient (Wildman–Crippen LogP) is 6.91. The number of thiazole rings is 1. The number of rotatable bonds is 12. The van der Waals surface area contributed by atoms with Gasteiger partial charge >= 0.3 is 5.97 Å². The summed E-state index contributed by atoms with van der Waals surface area (Å²) < 4.78 is 10.7. The van der Waals surface area contributed by atoms with Crippen LogP contribution in [0.3, 0.4) is 0 Å². The average molecular weight is 501 g/mol. The van der Waals surface area contributed by atoms with Crippen molar-refractivity contribution >= 4 is 23.0 Å². The summed E-state index contributed by atoms with van der Waals surface area (Å²) in [6.45, 7) is 4.47. The molecule has 1 aromatic heterocycles. The molecule has 0 saturated heterocycles. The molecule has 0 atom stereocenters. The lowest BCUT2D eigenvalue weighted by molar-refractivity contribution is -0.140. The molecule has 0 aliphatic carbocycles. The Hall–Kier alpha value is -3.64. The molecular formula is C30H32N2O3S. The van der Waals surface area contributed by atoms with E-state index in [9.17, 15) is 4.79 Å². The number of aryl methyl sites for hydroxylation is 1. The zero-order chi connectivity index (χ0) is 25.2. The van der Waals surface area contributed by atoms with Gasteiger partial charge in [0.25, 0.3) is 0 Å². The molecule has 5 nitrogen and oxygen atoms in total. The van der Waals surface area contributed by atoms with Gasteiger partial charge in [0, 0.05) is 29.6 Å². The molecule has 0 radical (unpaired) electrons. The van der Waals surface area contributed by atoms with Gasteiger partial charge in [-0.25, -0.2) is 4.98 Å². The number of carbonyl (C=O) groups is 1. The van der Waals surface area contributed by atoms with Gasteiger partial charge in [0.1, 0.15) is 17.4 Å². The third-order valence-electron chi connectivity index (χ3n) is 5.92. The van der Waals surface area contributed by atoms with Gasteiger partial charge < -0.3 is 14.4 Å². The van der Waals surface area contributed by atoms with Crippen molar-refractivity contribution in [3.8, 4) is 17.0 Å². The Labute approximate surface area is 217 Å². The zero-order valence-electron chi connectivity index (χ0n) is 20.9. The van der Waals surface area contributed by atoms with Gasteiger partial charge in [-0.05, 0) is 48.2 Å². The number of nitrogens with zero attached hydrogens (tertiary/aromatic N) is 2. The number of aromatic nitrogens is 1. The Morgan fingerprint density at radius 2 is 1.67 bits per heavy atom. The van der Waals surface area contributed by atoms with Gasteiger partial charge in [-0.3, -0.25) is 4.79 Å². The summed E-state index contributed by atoms with van der Waals surface area (Å²) in [5, 5.41) is 3.26. The molecule has 36 heavy (non-hydrogen) atoms. The Morgan fingerprint density at radius 1 is 0.944 bits per heavy atom. The van der Waals surface area contributed by atoms with E-state index >= 15 is 0 Å². The summed E-state index contributed by atoms with van der Waals surface area (Å²) in [5.41, 5.74) is 5.58. The summed E-state index contributed by atoms with van der Waals surface area (Å²) in [5.74, 6) is 0.617. The van der Waals surface area contributed by atoms with Crippen molar-refractivity contribution in [2.75, 3.05) is 18.6 Å². The second kappa shape index (κ2) is 12.9. The van der Waals surface area contributed by atoms with Gasteiger partial charge in [0.2, 0.25) is 0 Å². The number of ether oxygens (including phenoxy) is 2. The van der Waals surface area contributed by atoms with E-state index in [-0.39, 0.29) is 5.97 Å². The lowest BCUT2D eigenvalue weighted by Gasteiger charge is -2.23. The third kappa shape index (κ3) is 7.18. The summed E-state index contributed by atoms with van der Waals surface area (Å²) in [6, 6.07) is 26.8. The molecule has 0 fully saturated rings. The molecule has 0 unspecified atom stereocenters. The fraction of sp³-hybridized carbons (Fsp3) is 0.267. The minimum absolute atomic E-state index is 0.195. The zero-order valence-corrected chi connectivity index (χ0v) is 21.7. The molecule has 6 heteroatoms. The normalized spacial score (nSPS) is 10.7. The number of carbonyl (C=O) groups excluding carboxylic acids is 1. The SMILES string of the molecule is CCCN(Cc1nc(-c2ccccc2)cs1)c1ccc(COc2ccc(CCC(=O)OC)cc2)cc1. The maximum atomic E-state index is 11.3. The monoisotopic (exact) mass is 500 g/mol. The Morgan fingerprint density at radius 3 is 2.36 bits per heavy atom. The largest absolute Gasteiger partial charge is 0.489 e. The fourth-order valence-corrected chi connectivity index (χ4v) is 4.75. The molecule has 1 heterocycles. The third-order valence-corrected chi connectivity index (χ3v) is 6.75. The van der Waals surface area contributed by atoms with Crippen LogP contribution < -0.4 is 9.64 Å². The van der Waals surface area contributed by atoms with E-state index in [1.165, 1.54) is 12.8 Å². The second-order valence-corrected chi connectivity index (χ2v) is 9.53. The highest BCUT2D eigenvalue weighted by Gasteiger charge is 2.11. The highest BCUT2D eigenvalue weighted by atomic mass is 32.1. The topological polar surface area (TPSA) is 51.7 Å². The van der Waals surface area contributed by atoms with Crippen molar-refractivity contribution < 1.29 is 14.3 Å². The first-order chi connectivity index (χ1) is 17.6. The first-order valence-corrected chi connectivity index (χ1v) is 13.1. The Kier molecular flexibility index (Phi) is 9.11. The van der Waals surface area contributed by atoms with Gasteiger partial charge in [-0.2, -0.15) is 0 Å². The van der Waals surface area contributed by atoms with Crippen LogP contribution >= 0.6 is 11.3 Å². The van der Waals surface area contributed by atoms with E-state index in [0.717, 1.165) is 52.7 Å².